The van der Waals surface area contributed by atoms with Gasteiger partial charge in [0.25, 0.3) is 0 Å². The van der Waals surface area contributed by atoms with Crippen molar-refractivity contribution in [1.29, 1.82) is 0 Å². The van der Waals surface area contributed by atoms with Crippen molar-refractivity contribution < 1.29 is 9.47 Å². The molecule has 2 heteroatoms. The quantitative estimate of drug-likeness (QED) is 0.512. The lowest BCUT2D eigenvalue weighted by Crippen LogP contribution is -2.33. The molecule has 0 fully saturated rings. The minimum absolute atomic E-state index is 0.00683. The van der Waals surface area contributed by atoms with Crippen molar-refractivity contribution >= 4 is 0 Å². The van der Waals surface area contributed by atoms with Crippen LogP contribution in [0.2, 0.25) is 0 Å². The molecule has 1 atom stereocenters. The van der Waals surface area contributed by atoms with Crippen molar-refractivity contribution in [3.8, 4) is 0 Å². The summed E-state index contributed by atoms with van der Waals surface area (Å²) in [5.41, 5.74) is -0.00683. The first kappa shape index (κ1) is 16.1. The molecule has 0 spiro atoms. The molecule has 0 bridgehead atoms. The molecule has 98 valence electrons. The van der Waals surface area contributed by atoms with E-state index in [2.05, 4.69) is 19.7 Å². The highest BCUT2D eigenvalue weighted by Gasteiger charge is 2.31. The van der Waals surface area contributed by atoms with Gasteiger partial charge in [-0.2, -0.15) is 0 Å². The minimum atomic E-state index is -0.00683. The van der Waals surface area contributed by atoms with Gasteiger partial charge in [-0.25, -0.2) is 0 Å². The van der Waals surface area contributed by atoms with Crippen LogP contribution in [0, 0.1) is 11.3 Å². The van der Waals surface area contributed by atoms with E-state index in [0.29, 0.717) is 19.1 Å². The smallest absolute Gasteiger partial charge is 0.0543 e. The van der Waals surface area contributed by atoms with Crippen LogP contribution >= 0.6 is 0 Å². The monoisotopic (exact) mass is 238 g/mol. The molecular weight excluding hydrogens is 212 g/mol. The maximum atomic E-state index is 5.35. The summed E-state index contributed by atoms with van der Waals surface area (Å²) in [5, 5.41) is 0. The largest absolute Gasteiger partial charge is 0.384 e. The van der Waals surface area contributed by atoms with Gasteiger partial charge >= 0.3 is 0 Å². The molecule has 17 heavy (non-hydrogen) atoms. The molecule has 1 unspecified atom stereocenters. The number of allylic oxidation sites excluding steroid dienone is 3. The fourth-order valence-corrected chi connectivity index (χ4v) is 2.31. The summed E-state index contributed by atoms with van der Waals surface area (Å²) in [4.78, 5) is 0. The van der Waals surface area contributed by atoms with Crippen molar-refractivity contribution in [2.45, 2.75) is 19.3 Å². The molecule has 0 saturated carbocycles. The van der Waals surface area contributed by atoms with Gasteiger partial charge in [-0.15, -0.1) is 19.7 Å². The summed E-state index contributed by atoms with van der Waals surface area (Å²) >= 11 is 0. The molecule has 0 N–H and O–H groups in total. The predicted molar refractivity (Wildman–Crippen MR) is 74.1 cm³/mol. The number of ether oxygens (including phenoxy) is 2. The third kappa shape index (κ3) is 5.85. The first-order valence-electron chi connectivity index (χ1n) is 6.00. The summed E-state index contributed by atoms with van der Waals surface area (Å²) in [7, 11) is 3.45. The summed E-state index contributed by atoms with van der Waals surface area (Å²) < 4.78 is 10.7. The van der Waals surface area contributed by atoms with E-state index >= 15 is 0 Å². The zero-order chi connectivity index (χ0) is 13.1. The molecule has 0 aromatic heterocycles. The van der Waals surface area contributed by atoms with E-state index in [0.717, 1.165) is 19.3 Å². The van der Waals surface area contributed by atoms with Gasteiger partial charge in [-0.1, -0.05) is 18.2 Å². The second-order valence-corrected chi connectivity index (χ2v) is 4.58. The van der Waals surface area contributed by atoms with Crippen LogP contribution in [0.1, 0.15) is 19.3 Å². The fourth-order valence-electron chi connectivity index (χ4n) is 2.31. The zero-order valence-electron chi connectivity index (χ0n) is 11.3. The zero-order valence-corrected chi connectivity index (χ0v) is 11.3. The van der Waals surface area contributed by atoms with Crippen LogP contribution in [0.5, 0.6) is 0 Å². The van der Waals surface area contributed by atoms with Crippen molar-refractivity contribution in [3.05, 3.63) is 38.0 Å². The Labute approximate surface area is 106 Å². The molecule has 0 radical (unpaired) electrons. The first-order valence-corrected chi connectivity index (χ1v) is 6.00. The Balaban J connectivity index is 4.76. The second kappa shape index (κ2) is 9.20. The molecule has 0 aliphatic carbocycles. The Morgan fingerprint density at radius 1 is 1.06 bits per heavy atom. The van der Waals surface area contributed by atoms with Crippen LogP contribution in [-0.4, -0.2) is 27.4 Å². The fraction of sp³-hybridized carbons (Fsp3) is 0.600. The van der Waals surface area contributed by atoms with E-state index in [1.54, 1.807) is 14.2 Å². The average molecular weight is 238 g/mol. The highest BCUT2D eigenvalue weighted by molar-refractivity contribution is 4.94. The Hall–Kier alpha value is -0.860. The Morgan fingerprint density at radius 2 is 1.65 bits per heavy atom. The summed E-state index contributed by atoms with van der Waals surface area (Å²) in [6.07, 6.45) is 8.67. The van der Waals surface area contributed by atoms with Gasteiger partial charge in [0.2, 0.25) is 0 Å². The SMILES string of the molecule is C=CCC(C=C)CC(CC=C)(COC)COC. The van der Waals surface area contributed by atoms with E-state index in [-0.39, 0.29) is 5.41 Å². The van der Waals surface area contributed by atoms with Gasteiger partial charge < -0.3 is 9.47 Å². The van der Waals surface area contributed by atoms with Crippen LogP contribution < -0.4 is 0 Å². The van der Waals surface area contributed by atoms with Crippen LogP contribution in [0.25, 0.3) is 0 Å². The van der Waals surface area contributed by atoms with Crippen molar-refractivity contribution in [2.24, 2.45) is 11.3 Å². The number of hydrogen-bond acceptors (Lipinski definition) is 2. The molecule has 0 aromatic rings. The Morgan fingerprint density at radius 3 is 2.00 bits per heavy atom. The lowest BCUT2D eigenvalue weighted by molar-refractivity contribution is -0.000342. The number of methoxy groups -OCH3 is 2. The van der Waals surface area contributed by atoms with Crippen molar-refractivity contribution in [1.82, 2.24) is 0 Å². The molecule has 0 heterocycles. The van der Waals surface area contributed by atoms with Crippen LogP contribution in [0.3, 0.4) is 0 Å². The highest BCUT2D eigenvalue weighted by atomic mass is 16.5. The van der Waals surface area contributed by atoms with Gasteiger partial charge in [0.05, 0.1) is 13.2 Å². The summed E-state index contributed by atoms with van der Waals surface area (Å²) in [6, 6.07) is 0. The van der Waals surface area contributed by atoms with Gasteiger partial charge in [0, 0.05) is 19.6 Å². The van der Waals surface area contributed by atoms with Crippen LogP contribution in [-0.2, 0) is 9.47 Å². The van der Waals surface area contributed by atoms with Crippen molar-refractivity contribution in [3.63, 3.8) is 0 Å². The van der Waals surface area contributed by atoms with Gasteiger partial charge in [0.1, 0.15) is 0 Å². The van der Waals surface area contributed by atoms with E-state index in [1.165, 1.54) is 0 Å². The Bertz CT molecular complexity index is 227. The Kier molecular flexibility index (Phi) is 8.73. The maximum absolute atomic E-state index is 5.35. The molecule has 2 nitrogen and oxygen atoms in total. The van der Waals surface area contributed by atoms with Gasteiger partial charge in [-0.3, -0.25) is 0 Å². The second-order valence-electron chi connectivity index (χ2n) is 4.58. The van der Waals surface area contributed by atoms with Crippen LogP contribution in [0.4, 0.5) is 0 Å². The lowest BCUT2D eigenvalue weighted by atomic mass is 9.77. The maximum Gasteiger partial charge on any atom is 0.0543 e. The van der Waals surface area contributed by atoms with Crippen LogP contribution in [0.15, 0.2) is 38.0 Å². The number of rotatable bonds is 11. The van der Waals surface area contributed by atoms with E-state index in [9.17, 15) is 0 Å². The summed E-state index contributed by atoms with van der Waals surface area (Å²) in [5.74, 6) is 0.415. The summed E-state index contributed by atoms with van der Waals surface area (Å²) in [6.45, 7) is 12.9. The molecule has 0 saturated heterocycles. The molecule has 0 rings (SSSR count). The number of hydrogen-bond donors (Lipinski definition) is 0. The average Bonchev–Trinajstić information content (AvgIpc) is 2.29. The molecule has 0 aliphatic heterocycles. The normalized spacial score (nSPS) is 13.1. The van der Waals surface area contributed by atoms with Crippen molar-refractivity contribution in [2.75, 3.05) is 27.4 Å². The molecule has 0 aliphatic rings. The lowest BCUT2D eigenvalue weighted by Gasteiger charge is -2.34. The highest BCUT2D eigenvalue weighted by Crippen LogP contribution is 2.33. The standard InChI is InChI=1S/C15H26O2/c1-6-9-14(8-3)11-15(10-7-2,12-16-4)13-17-5/h6-8,14H,1-3,9-13H2,4-5H3. The van der Waals surface area contributed by atoms with E-state index < -0.39 is 0 Å². The predicted octanol–water partition coefficient (Wildman–Crippen LogP) is 3.61. The first-order chi connectivity index (χ1) is 8.17. The van der Waals surface area contributed by atoms with Gasteiger partial charge in [-0.05, 0) is 25.2 Å². The molecular formula is C15H26O2. The molecule has 0 aromatic carbocycles. The van der Waals surface area contributed by atoms with E-state index in [4.69, 9.17) is 9.47 Å². The minimum Gasteiger partial charge on any atom is -0.384 e. The van der Waals surface area contributed by atoms with E-state index in [1.807, 2.05) is 18.2 Å². The topological polar surface area (TPSA) is 18.5 Å². The third-order valence-corrected chi connectivity index (χ3v) is 2.98. The van der Waals surface area contributed by atoms with Gasteiger partial charge in [0.15, 0.2) is 0 Å². The third-order valence-electron chi connectivity index (χ3n) is 2.98. The molecule has 0 amide bonds.